The number of halogens is 1. The molecule has 8 nitrogen and oxygen atoms in total. The first-order valence-corrected chi connectivity index (χ1v) is 11.2. The topological polar surface area (TPSA) is 188 Å². The van der Waals surface area contributed by atoms with Crippen LogP contribution in [0.1, 0.15) is 73.6 Å². The van der Waals surface area contributed by atoms with Crippen molar-refractivity contribution < 1.29 is 21.2 Å². The van der Waals surface area contributed by atoms with E-state index < -0.39 is 0 Å². The minimum atomic E-state index is -0.0963. The molecule has 0 spiro atoms. The van der Waals surface area contributed by atoms with Crippen LogP contribution in [0.5, 0.6) is 0 Å². The number of carbonyl (C=O) groups is 1. The number of hydrogen-bond donors (Lipinski definition) is 3. The minimum Gasteiger partial charge on any atom is -0.412 e. The highest BCUT2D eigenvalue weighted by Crippen LogP contribution is 2.43. The summed E-state index contributed by atoms with van der Waals surface area (Å²) in [6.45, 7) is 12.2. The highest BCUT2D eigenvalue weighted by atomic mass is 35.5. The average Bonchev–Trinajstić information content (AvgIpc) is 2.61. The maximum absolute atomic E-state index is 13.2. The van der Waals surface area contributed by atoms with Crippen LogP contribution in [-0.2, 0) is 4.79 Å². The van der Waals surface area contributed by atoms with Gasteiger partial charge in [0.2, 0.25) is 5.91 Å². The number of piperidine rings is 1. The van der Waals surface area contributed by atoms with Gasteiger partial charge in [-0.25, -0.2) is 0 Å². The van der Waals surface area contributed by atoms with E-state index in [9.17, 15) is 4.79 Å². The molecule has 3 atom stereocenters. The van der Waals surface area contributed by atoms with Gasteiger partial charge >= 0.3 is 0 Å². The normalized spacial score (nSPS) is 22.6. The van der Waals surface area contributed by atoms with Gasteiger partial charge in [-0.15, -0.1) is 11.6 Å². The molecule has 1 unspecified atom stereocenters. The maximum atomic E-state index is 13.2. The Labute approximate surface area is 201 Å². The zero-order chi connectivity index (χ0) is 20.0. The number of nitrogens with one attached hydrogen (secondary N) is 1. The third-order valence-corrected chi connectivity index (χ3v) is 6.69. The molecule has 0 aromatic carbocycles. The van der Waals surface area contributed by atoms with E-state index in [-0.39, 0.29) is 53.3 Å². The zero-order valence-corrected chi connectivity index (χ0v) is 20.7. The summed E-state index contributed by atoms with van der Waals surface area (Å²) < 4.78 is 0. The lowest BCUT2D eigenvalue weighted by molar-refractivity contribution is -0.138. The summed E-state index contributed by atoms with van der Waals surface area (Å²) in [7, 11) is 0. The Bertz CT molecular complexity index is 532. The summed E-state index contributed by atoms with van der Waals surface area (Å²) >= 11 is 6.27. The van der Waals surface area contributed by atoms with E-state index in [1.807, 2.05) is 0 Å². The van der Waals surface area contributed by atoms with Crippen molar-refractivity contribution in [2.24, 2.45) is 23.0 Å². The number of unbranched alkanes of at least 4 members (excludes halogenated alkanes) is 1. The van der Waals surface area contributed by atoms with Crippen molar-refractivity contribution in [3.63, 3.8) is 0 Å². The van der Waals surface area contributed by atoms with Crippen molar-refractivity contribution >= 4 is 17.5 Å². The van der Waals surface area contributed by atoms with E-state index in [0.29, 0.717) is 17.8 Å². The summed E-state index contributed by atoms with van der Waals surface area (Å²) in [5.74, 6) is 1.13. The fourth-order valence-electron chi connectivity index (χ4n) is 4.70. The van der Waals surface area contributed by atoms with Crippen LogP contribution in [0.25, 0.3) is 0 Å². The first-order chi connectivity index (χ1) is 12.8. The number of hydrogen-bond acceptors (Lipinski definition) is 4. The standard InChI is InChI=1S/C22H40ClN3O.CH4.H3N.3H2O/c1-16(2)20(25-13-6-5-12-24)21(27)26-14-11-19(22(3,4)15-26)17-7-9-18(23)10-8-17;;;;;/h7,16,18-20,25H,5-6,8-15,24H2,1-4H3;1H4;1H3;3*1H2/t18?,19-,20-;;;;;/m1...../s1. The Morgan fingerprint density at radius 1 is 1.25 bits per heavy atom. The summed E-state index contributed by atoms with van der Waals surface area (Å²) in [6.07, 6.45) is 8.67. The van der Waals surface area contributed by atoms with Gasteiger partial charge in [0.25, 0.3) is 0 Å². The quantitative estimate of drug-likeness (QED) is 0.270. The second-order valence-electron chi connectivity index (χ2n) is 9.41. The summed E-state index contributed by atoms with van der Waals surface area (Å²) in [5, 5.41) is 3.79. The molecule has 1 heterocycles. The molecule has 196 valence electrons. The van der Waals surface area contributed by atoms with Crippen LogP contribution in [0.4, 0.5) is 0 Å². The molecule has 2 aliphatic rings. The Kier molecular flexibility index (Phi) is 21.3. The number of amides is 1. The van der Waals surface area contributed by atoms with Gasteiger partial charge in [-0.3, -0.25) is 4.79 Å². The lowest BCUT2D eigenvalue weighted by Gasteiger charge is -2.47. The number of allylic oxidation sites excluding steroid dienone is 2. The van der Waals surface area contributed by atoms with E-state index >= 15 is 0 Å². The van der Waals surface area contributed by atoms with Gasteiger partial charge in [0.1, 0.15) is 0 Å². The molecule has 1 aliphatic heterocycles. The van der Waals surface area contributed by atoms with Gasteiger partial charge < -0.3 is 38.5 Å². The van der Waals surface area contributed by atoms with Crippen LogP contribution in [0.2, 0.25) is 0 Å². The molecule has 0 saturated carbocycles. The predicted octanol–water partition coefficient (Wildman–Crippen LogP) is 2.26. The summed E-state index contributed by atoms with van der Waals surface area (Å²) in [6, 6.07) is -0.0963. The first-order valence-electron chi connectivity index (χ1n) is 10.8. The molecule has 1 fully saturated rings. The molecule has 0 radical (unpaired) electrons. The Balaban J connectivity index is -0.000000784. The van der Waals surface area contributed by atoms with Gasteiger partial charge in [-0.1, -0.05) is 46.8 Å². The molecule has 0 bridgehead atoms. The molecule has 12 N–H and O–H groups in total. The lowest BCUT2D eigenvalue weighted by Crippen LogP contribution is -2.55. The fourth-order valence-corrected chi connectivity index (χ4v) is 4.90. The number of nitrogens with zero attached hydrogens (tertiary/aromatic N) is 1. The van der Waals surface area contributed by atoms with E-state index in [1.54, 1.807) is 5.57 Å². The van der Waals surface area contributed by atoms with E-state index in [1.165, 1.54) is 0 Å². The molecule has 32 heavy (non-hydrogen) atoms. The van der Waals surface area contributed by atoms with Crippen LogP contribution < -0.4 is 17.2 Å². The van der Waals surface area contributed by atoms with Gasteiger partial charge in [0.15, 0.2) is 0 Å². The molecule has 1 saturated heterocycles. The van der Waals surface area contributed by atoms with E-state index in [0.717, 1.165) is 58.2 Å². The second-order valence-corrected chi connectivity index (χ2v) is 10.0. The molecule has 0 aromatic rings. The van der Waals surface area contributed by atoms with Crippen molar-refractivity contribution in [1.82, 2.24) is 16.4 Å². The van der Waals surface area contributed by atoms with Crippen molar-refractivity contribution in [2.45, 2.75) is 85.1 Å². The van der Waals surface area contributed by atoms with Crippen molar-refractivity contribution in [1.29, 1.82) is 0 Å². The number of carbonyl (C=O) groups excluding carboxylic acids is 1. The van der Waals surface area contributed by atoms with Crippen molar-refractivity contribution in [3.8, 4) is 0 Å². The Morgan fingerprint density at radius 3 is 2.34 bits per heavy atom. The van der Waals surface area contributed by atoms with Gasteiger partial charge in [-0.05, 0) is 68.9 Å². The van der Waals surface area contributed by atoms with E-state index in [4.69, 9.17) is 17.3 Å². The number of nitrogens with two attached hydrogens (primary N) is 1. The highest BCUT2D eigenvalue weighted by molar-refractivity contribution is 6.20. The van der Waals surface area contributed by atoms with Crippen LogP contribution in [0, 0.1) is 17.3 Å². The smallest absolute Gasteiger partial charge is 0.239 e. The van der Waals surface area contributed by atoms with Gasteiger partial charge in [0, 0.05) is 18.5 Å². The Morgan fingerprint density at radius 2 is 1.88 bits per heavy atom. The second kappa shape index (κ2) is 17.7. The van der Waals surface area contributed by atoms with Gasteiger partial charge in [0.05, 0.1) is 6.04 Å². The van der Waals surface area contributed by atoms with Crippen LogP contribution >= 0.6 is 11.6 Å². The van der Waals surface area contributed by atoms with Crippen molar-refractivity contribution in [2.75, 3.05) is 26.2 Å². The third kappa shape index (κ3) is 10.5. The maximum Gasteiger partial charge on any atom is 0.239 e. The number of alkyl halides is 1. The molecule has 9 heteroatoms. The zero-order valence-electron chi connectivity index (χ0n) is 20.0. The van der Waals surface area contributed by atoms with Crippen molar-refractivity contribution in [3.05, 3.63) is 11.6 Å². The van der Waals surface area contributed by atoms with E-state index in [2.05, 4.69) is 44.0 Å². The van der Waals surface area contributed by atoms with Crippen LogP contribution in [0.15, 0.2) is 11.6 Å². The molecular formula is C23H53ClN4O4. The molecule has 0 aromatic heterocycles. The average molecular weight is 485 g/mol. The largest absolute Gasteiger partial charge is 0.412 e. The monoisotopic (exact) mass is 484 g/mol. The third-order valence-electron chi connectivity index (χ3n) is 6.30. The summed E-state index contributed by atoms with van der Waals surface area (Å²) in [4.78, 5) is 15.3. The first kappa shape index (κ1) is 38.5. The summed E-state index contributed by atoms with van der Waals surface area (Å²) in [5.41, 5.74) is 7.26. The fraction of sp³-hybridized carbons (Fsp3) is 0.870. The number of likely N-dealkylation sites (tertiary alicyclic amines) is 1. The van der Waals surface area contributed by atoms with Crippen LogP contribution in [0.3, 0.4) is 0 Å². The molecular weight excluding hydrogens is 432 g/mol. The SMILES string of the molecule is C.CC(C)[C@@H](NCCCCN)C(=O)N1CC[C@H](C2=CCC(Cl)CC2)C(C)(C)C1.N.O.O.O. The molecule has 1 amide bonds. The highest BCUT2D eigenvalue weighted by Gasteiger charge is 2.41. The van der Waals surface area contributed by atoms with Gasteiger partial charge in [-0.2, -0.15) is 0 Å². The minimum absolute atomic E-state index is 0. The Hall–Kier alpha value is -0.740. The molecule has 1 aliphatic carbocycles. The predicted molar refractivity (Wildman–Crippen MR) is 138 cm³/mol. The number of rotatable bonds is 8. The van der Waals surface area contributed by atoms with Crippen LogP contribution in [-0.4, -0.2) is 64.8 Å². The lowest BCUT2D eigenvalue weighted by atomic mass is 9.68. The molecule has 2 rings (SSSR count).